The van der Waals surface area contributed by atoms with E-state index in [1.165, 1.54) is 7.11 Å². The van der Waals surface area contributed by atoms with Crippen LogP contribution in [0.3, 0.4) is 0 Å². The number of carbonyl (C=O) groups excluding carboxylic acids is 1. The topological polar surface area (TPSA) is 75.6 Å². The van der Waals surface area contributed by atoms with E-state index < -0.39 is 12.0 Å². The van der Waals surface area contributed by atoms with Crippen LogP contribution in [0.1, 0.15) is 18.5 Å². The largest absolute Gasteiger partial charge is 0.497 e. The summed E-state index contributed by atoms with van der Waals surface area (Å²) < 4.78 is 5.02. The van der Waals surface area contributed by atoms with E-state index in [-0.39, 0.29) is 11.8 Å². The zero-order chi connectivity index (χ0) is 15.1. The number of carboxylic acids is 1. The van der Waals surface area contributed by atoms with Gasteiger partial charge in [-0.25, -0.2) is 4.79 Å². The summed E-state index contributed by atoms with van der Waals surface area (Å²) in [6.45, 7) is 1.78. The van der Waals surface area contributed by atoms with Gasteiger partial charge < -0.3 is 15.2 Å². The third kappa shape index (κ3) is 4.45. The number of hydrogen-bond donors (Lipinski definition) is 2. The third-order valence-corrected chi connectivity index (χ3v) is 3.68. The van der Waals surface area contributed by atoms with Crippen molar-refractivity contribution in [1.82, 2.24) is 5.32 Å². The Morgan fingerprint density at radius 1 is 1.35 bits per heavy atom. The van der Waals surface area contributed by atoms with Gasteiger partial charge in [0.25, 0.3) is 0 Å². The average Bonchev–Trinajstić information content (AvgIpc) is 2.44. The summed E-state index contributed by atoms with van der Waals surface area (Å²) >= 11 is 1.55. The van der Waals surface area contributed by atoms with Crippen LogP contribution in [0.4, 0.5) is 0 Å². The number of benzene rings is 1. The van der Waals surface area contributed by atoms with Crippen molar-refractivity contribution in [2.75, 3.05) is 19.1 Å². The normalized spacial score (nSPS) is 13.3. The summed E-state index contributed by atoms with van der Waals surface area (Å²) in [5.41, 5.74) is 0.517. The number of amides is 1. The van der Waals surface area contributed by atoms with Crippen LogP contribution in [0.25, 0.3) is 0 Å². The lowest BCUT2D eigenvalue weighted by Gasteiger charge is -2.18. The number of ether oxygens (including phenoxy) is 1. The van der Waals surface area contributed by atoms with Crippen LogP contribution in [0.2, 0.25) is 0 Å². The molecule has 0 spiro atoms. The monoisotopic (exact) mass is 297 g/mol. The molecule has 5 nitrogen and oxygen atoms in total. The molecule has 0 heterocycles. The molecule has 1 rings (SSSR count). The first-order chi connectivity index (χ1) is 9.49. The molecule has 20 heavy (non-hydrogen) atoms. The van der Waals surface area contributed by atoms with E-state index in [2.05, 4.69) is 5.32 Å². The zero-order valence-corrected chi connectivity index (χ0v) is 12.6. The lowest BCUT2D eigenvalue weighted by Crippen LogP contribution is -2.37. The highest BCUT2D eigenvalue weighted by atomic mass is 32.2. The smallest absolute Gasteiger partial charge is 0.330 e. The number of methoxy groups -OCH3 is 1. The first-order valence-electron chi connectivity index (χ1n) is 6.15. The first-order valence-corrected chi connectivity index (χ1v) is 7.55. The Labute approximate surface area is 122 Å². The fraction of sp³-hybridized carbons (Fsp3) is 0.429. The average molecular weight is 297 g/mol. The molecule has 1 amide bonds. The summed E-state index contributed by atoms with van der Waals surface area (Å²) in [5, 5.41) is 11.8. The molecule has 1 aromatic rings. The number of aliphatic carboxylic acids is 1. The molecule has 0 aliphatic rings. The summed E-state index contributed by atoms with van der Waals surface area (Å²) in [4.78, 5) is 23.3. The van der Waals surface area contributed by atoms with Gasteiger partial charge in [-0.2, -0.15) is 11.8 Å². The number of hydrogen-bond acceptors (Lipinski definition) is 4. The van der Waals surface area contributed by atoms with Crippen LogP contribution >= 0.6 is 11.8 Å². The van der Waals surface area contributed by atoms with E-state index >= 15 is 0 Å². The van der Waals surface area contributed by atoms with Crippen LogP contribution in [0.15, 0.2) is 24.3 Å². The van der Waals surface area contributed by atoms with Crippen LogP contribution in [-0.2, 0) is 9.59 Å². The molecule has 0 aliphatic heterocycles. The maximum atomic E-state index is 11.9. The molecule has 0 radical (unpaired) electrons. The minimum Gasteiger partial charge on any atom is -0.497 e. The van der Waals surface area contributed by atoms with Crippen LogP contribution in [0, 0.1) is 5.92 Å². The van der Waals surface area contributed by atoms with E-state index in [9.17, 15) is 14.7 Å². The minimum atomic E-state index is -1.08. The van der Waals surface area contributed by atoms with E-state index in [4.69, 9.17) is 4.74 Å². The predicted molar refractivity (Wildman–Crippen MR) is 79.1 cm³/mol. The highest BCUT2D eigenvalue weighted by Gasteiger charge is 2.24. The number of carbonyl (C=O) groups is 2. The summed E-state index contributed by atoms with van der Waals surface area (Å²) in [7, 11) is 1.54. The first kappa shape index (κ1) is 16.4. The Kier molecular flexibility index (Phi) is 6.38. The molecule has 110 valence electrons. The van der Waals surface area contributed by atoms with Gasteiger partial charge in [-0.05, 0) is 24.0 Å². The molecule has 1 aromatic carbocycles. The molecule has 2 N–H and O–H groups in total. The second kappa shape index (κ2) is 7.79. The van der Waals surface area contributed by atoms with E-state index in [1.54, 1.807) is 43.0 Å². The Bertz CT molecular complexity index is 461. The Hall–Kier alpha value is -1.69. The van der Waals surface area contributed by atoms with Gasteiger partial charge in [0.1, 0.15) is 5.75 Å². The molecule has 0 fully saturated rings. The van der Waals surface area contributed by atoms with Gasteiger partial charge in [0.05, 0.1) is 7.11 Å². The standard InChI is InChI=1S/C14H19NO4S/c1-9(8-20-3)13(16)15-12(14(17)18)10-4-6-11(19-2)7-5-10/h4-7,9,12H,8H2,1-3H3,(H,15,16)(H,17,18). The molecular weight excluding hydrogens is 278 g/mol. The second-order valence-corrected chi connectivity index (χ2v) is 5.32. The number of thioether (sulfide) groups is 1. The van der Waals surface area contributed by atoms with Gasteiger partial charge in [0.15, 0.2) is 6.04 Å². The molecule has 0 aromatic heterocycles. The van der Waals surface area contributed by atoms with Gasteiger partial charge in [0, 0.05) is 11.7 Å². The summed E-state index contributed by atoms with van der Waals surface area (Å²) in [6.07, 6.45) is 1.90. The molecule has 2 unspecified atom stereocenters. The van der Waals surface area contributed by atoms with Gasteiger partial charge in [-0.3, -0.25) is 4.79 Å². The highest BCUT2D eigenvalue weighted by Crippen LogP contribution is 2.19. The summed E-state index contributed by atoms with van der Waals surface area (Å²) in [6, 6.07) is 5.57. The summed E-state index contributed by atoms with van der Waals surface area (Å²) in [5.74, 6) is -0.284. The van der Waals surface area contributed by atoms with Gasteiger partial charge in [-0.15, -0.1) is 0 Å². The van der Waals surface area contributed by atoms with Crippen molar-refractivity contribution in [2.24, 2.45) is 5.92 Å². The highest BCUT2D eigenvalue weighted by molar-refractivity contribution is 7.98. The van der Waals surface area contributed by atoms with Crippen LogP contribution < -0.4 is 10.1 Å². The van der Waals surface area contributed by atoms with Crippen molar-refractivity contribution < 1.29 is 19.4 Å². The van der Waals surface area contributed by atoms with Crippen LogP contribution in [0.5, 0.6) is 5.75 Å². The third-order valence-electron chi connectivity index (χ3n) is 2.85. The fourth-order valence-corrected chi connectivity index (χ4v) is 2.35. The van der Waals surface area contributed by atoms with Crippen LogP contribution in [-0.4, -0.2) is 36.1 Å². The molecular formula is C14H19NO4S. The maximum Gasteiger partial charge on any atom is 0.330 e. The Morgan fingerprint density at radius 2 is 1.95 bits per heavy atom. The molecule has 6 heteroatoms. The van der Waals surface area contributed by atoms with Gasteiger partial charge >= 0.3 is 5.97 Å². The van der Waals surface area contributed by atoms with Crippen molar-refractivity contribution in [3.05, 3.63) is 29.8 Å². The number of carboxylic acid groups (broad SMARTS) is 1. The maximum absolute atomic E-state index is 11.9. The van der Waals surface area contributed by atoms with Gasteiger partial charge in [-0.1, -0.05) is 19.1 Å². The predicted octanol–water partition coefficient (Wildman–Crippen LogP) is 1.94. The minimum absolute atomic E-state index is 0.231. The molecule has 2 atom stereocenters. The molecule has 0 aliphatic carbocycles. The fourth-order valence-electron chi connectivity index (χ4n) is 1.69. The van der Waals surface area contributed by atoms with Crippen molar-refractivity contribution in [2.45, 2.75) is 13.0 Å². The quantitative estimate of drug-likeness (QED) is 0.804. The van der Waals surface area contributed by atoms with E-state index in [0.717, 1.165) is 0 Å². The SMILES string of the molecule is COc1ccc(C(NC(=O)C(C)CSC)C(=O)O)cc1. The Balaban J connectivity index is 2.83. The van der Waals surface area contributed by atoms with Crippen molar-refractivity contribution in [3.8, 4) is 5.75 Å². The lowest BCUT2D eigenvalue weighted by molar-refractivity contribution is -0.142. The zero-order valence-electron chi connectivity index (χ0n) is 11.8. The number of rotatable bonds is 7. The Morgan fingerprint density at radius 3 is 2.40 bits per heavy atom. The number of nitrogens with one attached hydrogen (secondary N) is 1. The molecule has 0 bridgehead atoms. The van der Waals surface area contributed by atoms with E-state index in [0.29, 0.717) is 17.1 Å². The lowest BCUT2D eigenvalue weighted by atomic mass is 10.1. The van der Waals surface area contributed by atoms with Crippen molar-refractivity contribution in [3.63, 3.8) is 0 Å². The molecule has 0 saturated carbocycles. The van der Waals surface area contributed by atoms with E-state index in [1.807, 2.05) is 6.26 Å². The van der Waals surface area contributed by atoms with Crippen molar-refractivity contribution in [1.29, 1.82) is 0 Å². The van der Waals surface area contributed by atoms with Crippen molar-refractivity contribution >= 4 is 23.6 Å². The molecule has 0 saturated heterocycles. The van der Waals surface area contributed by atoms with Gasteiger partial charge in [0.2, 0.25) is 5.91 Å². The second-order valence-electron chi connectivity index (χ2n) is 4.41.